The van der Waals surface area contributed by atoms with E-state index < -0.39 is 0 Å². The first kappa shape index (κ1) is 12.4. The Morgan fingerprint density at radius 2 is 2.29 bits per heavy atom. The van der Waals surface area contributed by atoms with E-state index in [1.165, 1.54) is 12.0 Å². The molecule has 3 N–H and O–H groups in total. The van der Waals surface area contributed by atoms with Crippen molar-refractivity contribution in [3.63, 3.8) is 0 Å². The second kappa shape index (κ2) is 6.03. The zero-order valence-corrected chi connectivity index (χ0v) is 10.5. The van der Waals surface area contributed by atoms with E-state index in [1.54, 1.807) is 0 Å². The van der Waals surface area contributed by atoms with Crippen LogP contribution in [0.15, 0.2) is 24.3 Å². The number of nitrogens with one attached hydrogen (secondary N) is 1. The fraction of sp³-hybridized carbons (Fsp3) is 0.571. The Bertz CT molecular complexity index is 354. The number of nitrogens with two attached hydrogens (primary N) is 1. The lowest BCUT2D eigenvalue weighted by Gasteiger charge is -2.13. The van der Waals surface area contributed by atoms with E-state index in [1.807, 2.05) is 12.1 Å². The standard InChI is InChI=1S/C14H22N2O/c1-11-3-2-4-14(9-11)17-8-7-16-13-6-5-12(15)10-13/h2-4,9,12-13,16H,5-8,10,15H2,1H3. The summed E-state index contributed by atoms with van der Waals surface area (Å²) in [7, 11) is 0. The Labute approximate surface area is 103 Å². The van der Waals surface area contributed by atoms with Gasteiger partial charge in [0.2, 0.25) is 0 Å². The van der Waals surface area contributed by atoms with Gasteiger partial charge in [-0.25, -0.2) is 0 Å². The van der Waals surface area contributed by atoms with Gasteiger partial charge in [0.15, 0.2) is 0 Å². The predicted molar refractivity (Wildman–Crippen MR) is 70.3 cm³/mol. The first-order valence-electron chi connectivity index (χ1n) is 6.42. The van der Waals surface area contributed by atoms with Crippen LogP contribution in [-0.4, -0.2) is 25.2 Å². The summed E-state index contributed by atoms with van der Waals surface area (Å²) in [6.07, 6.45) is 3.45. The van der Waals surface area contributed by atoms with Crippen LogP contribution < -0.4 is 15.8 Å². The molecule has 0 bridgehead atoms. The van der Waals surface area contributed by atoms with E-state index in [2.05, 4.69) is 24.4 Å². The van der Waals surface area contributed by atoms with Crippen molar-refractivity contribution in [1.29, 1.82) is 0 Å². The molecule has 94 valence electrons. The average Bonchev–Trinajstić information content (AvgIpc) is 2.71. The number of aryl methyl sites for hydroxylation is 1. The van der Waals surface area contributed by atoms with Gasteiger partial charge in [-0.15, -0.1) is 0 Å². The zero-order chi connectivity index (χ0) is 12.1. The molecular formula is C14H22N2O. The molecule has 2 unspecified atom stereocenters. The smallest absolute Gasteiger partial charge is 0.119 e. The summed E-state index contributed by atoms with van der Waals surface area (Å²) < 4.78 is 5.68. The van der Waals surface area contributed by atoms with Crippen LogP contribution in [0.4, 0.5) is 0 Å². The van der Waals surface area contributed by atoms with Gasteiger partial charge in [0.05, 0.1) is 0 Å². The average molecular weight is 234 g/mol. The molecule has 0 amide bonds. The molecule has 0 heterocycles. The predicted octanol–water partition coefficient (Wildman–Crippen LogP) is 1.84. The molecule has 0 aromatic heterocycles. The summed E-state index contributed by atoms with van der Waals surface area (Å²) in [6.45, 7) is 3.69. The molecule has 1 saturated carbocycles. The molecule has 3 nitrogen and oxygen atoms in total. The molecule has 1 aromatic rings. The first-order chi connectivity index (χ1) is 8.24. The van der Waals surface area contributed by atoms with Crippen LogP contribution in [0.25, 0.3) is 0 Å². The van der Waals surface area contributed by atoms with Crippen LogP contribution in [0, 0.1) is 6.92 Å². The molecule has 1 aliphatic carbocycles. The second-order valence-electron chi connectivity index (χ2n) is 4.89. The third kappa shape index (κ3) is 4.02. The number of rotatable bonds is 5. The van der Waals surface area contributed by atoms with Crippen molar-refractivity contribution in [2.45, 2.75) is 38.3 Å². The van der Waals surface area contributed by atoms with Crippen molar-refractivity contribution in [3.05, 3.63) is 29.8 Å². The minimum atomic E-state index is 0.394. The van der Waals surface area contributed by atoms with Gasteiger partial charge in [0, 0.05) is 18.6 Å². The molecule has 1 aromatic carbocycles. The highest BCUT2D eigenvalue weighted by molar-refractivity contribution is 5.27. The van der Waals surface area contributed by atoms with Crippen molar-refractivity contribution in [2.75, 3.05) is 13.2 Å². The van der Waals surface area contributed by atoms with E-state index in [0.717, 1.165) is 31.7 Å². The summed E-state index contributed by atoms with van der Waals surface area (Å²) in [4.78, 5) is 0. The number of hydrogen-bond acceptors (Lipinski definition) is 3. The molecular weight excluding hydrogens is 212 g/mol. The summed E-state index contributed by atoms with van der Waals surface area (Å²) >= 11 is 0. The van der Waals surface area contributed by atoms with Crippen LogP contribution in [0.3, 0.4) is 0 Å². The van der Waals surface area contributed by atoms with E-state index in [0.29, 0.717) is 12.1 Å². The number of hydrogen-bond donors (Lipinski definition) is 2. The largest absolute Gasteiger partial charge is 0.492 e. The van der Waals surface area contributed by atoms with Crippen LogP contribution in [-0.2, 0) is 0 Å². The van der Waals surface area contributed by atoms with Gasteiger partial charge < -0.3 is 15.8 Å². The van der Waals surface area contributed by atoms with Gasteiger partial charge >= 0.3 is 0 Å². The van der Waals surface area contributed by atoms with Crippen molar-refractivity contribution in [2.24, 2.45) is 5.73 Å². The number of benzene rings is 1. The Balaban J connectivity index is 1.63. The highest BCUT2D eigenvalue weighted by Crippen LogP contribution is 2.16. The molecule has 17 heavy (non-hydrogen) atoms. The molecule has 2 rings (SSSR count). The molecule has 0 saturated heterocycles. The van der Waals surface area contributed by atoms with Crippen LogP contribution in [0.5, 0.6) is 5.75 Å². The van der Waals surface area contributed by atoms with Crippen LogP contribution >= 0.6 is 0 Å². The normalized spacial score (nSPS) is 23.9. The molecule has 0 spiro atoms. The summed E-state index contributed by atoms with van der Waals surface area (Å²) in [5.41, 5.74) is 7.10. The topological polar surface area (TPSA) is 47.3 Å². The lowest BCUT2D eigenvalue weighted by Crippen LogP contribution is -2.31. The van der Waals surface area contributed by atoms with Gasteiger partial charge in [0.1, 0.15) is 12.4 Å². The zero-order valence-electron chi connectivity index (χ0n) is 10.5. The Hall–Kier alpha value is -1.06. The number of ether oxygens (including phenoxy) is 1. The fourth-order valence-electron chi connectivity index (χ4n) is 2.34. The lowest BCUT2D eigenvalue weighted by atomic mass is 10.2. The minimum absolute atomic E-state index is 0.394. The quantitative estimate of drug-likeness (QED) is 0.764. The van der Waals surface area contributed by atoms with Gasteiger partial charge in [-0.3, -0.25) is 0 Å². The SMILES string of the molecule is Cc1cccc(OCCNC2CCC(N)C2)c1. The molecule has 0 radical (unpaired) electrons. The van der Waals surface area contributed by atoms with Crippen molar-refractivity contribution >= 4 is 0 Å². The van der Waals surface area contributed by atoms with E-state index in [-0.39, 0.29) is 0 Å². The lowest BCUT2D eigenvalue weighted by molar-refractivity contribution is 0.304. The Morgan fingerprint density at radius 1 is 1.41 bits per heavy atom. The molecule has 3 heteroatoms. The van der Waals surface area contributed by atoms with E-state index in [9.17, 15) is 0 Å². The van der Waals surface area contributed by atoms with Crippen LogP contribution in [0.2, 0.25) is 0 Å². The minimum Gasteiger partial charge on any atom is -0.492 e. The maximum atomic E-state index is 5.87. The van der Waals surface area contributed by atoms with Crippen molar-refractivity contribution in [1.82, 2.24) is 5.32 Å². The molecule has 2 atom stereocenters. The summed E-state index contributed by atoms with van der Waals surface area (Å²) in [5.74, 6) is 0.954. The first-order valence-corrected chi connectivity index (χ1v) is 6.42. The fourth-order valence-corrected chi connectivity index (χ4v) is 2.34. The Kier molecular flexibility index (Phi) is 4.40. The van der Waals surface area contributed by atoms with Crippen LogP contribution in [0.1, 0.15) is 24.8 Å². The summed E-state index contributed by atoms with van der Waals surface area (Å²) in [6, 6.07) is 9.14. The van der Waals surface area contributed by atoms with E-state index >= 15 is 0 Å². The van der Waals surface area contributed by atoms with E-state index in [4.69, 9.17) is 10.5 Å². The summed E-state index contributed by atoms with van der Waals surface area (Å²) in [5, 5.41) is 3.49. The van der Waals surface area contributed by atoms with Gasteiger partial charge in [-0.05, 0) is 43.9 Å². The van der Waals surface area contributed by atoms with Crippen molar-refractivity contribution in [3.8, 4) is 5.75 Å². The molecule has 1 aliphatic rings. The third-order valence-electron chi connectivity index (χ3n) is 3.27. The second-order valence-corrected chi connectivity index (χ2v) is 4.89. The Morgan fingerprint density at radius 3 is 3.00 bits per heavy atom. The molecule has 0 aliphatic heterocycles. The van der Waals surface area contributed by atoms with Gasteiger partial charge in [-0.2, -0.15) is 0 Å². The van der Waals surface area contributed by atoms with Gasteiger partial charge in [0.25, 0.3) is 0 Å². The monoisotopic (exact) mass is 234 g/mol. The highest BCUT2D eigenvalue weighted by Gasteiger charge is 2.20. The maximum absolute atomic E-state index is 5.87. The maximum Gasteiger partial charge on any atom is 0.119 e. The highest BCUT2D eigenvalue weighted by atomic mass is 16.5. The van der Waals surface area contributed by atoms with Crippen molar-refractivity contribution < 1.29 is 4.74 Å². The third-order valence-corrected chi connectivity index (χ3v) is 3.27. The van der Waals surface area contributed by atoms with Gasteiger partial charge in [-0.1, -0.05) is 12.1 Å². The molecule has 1 fully saturated rings.